The van der Waals surface area contributed by atoms with Crippen LogP contribution in [0.15, 0.2) is 12.1 Å². The molecular weight excluding hydrogens is 297 g/mol. The van der Waals surface area contributed by atoms with Crippen molar-refractivity contribution in [3.05, 3.63) is 23.4 Å². The normalized spacial score (nSPS) is 17.9. The Hall–Kier alpha value is -2.07. The zero-order valence-electron chi connectivity index (χ0n) is 12.2. The van der Waals surface area contributed by atoms with Crippen LogP contribution >= 0.6 is 0 Å². The highest BCUT2D eigenvalue weighted by molar-refractivity contribution is 5.93. The Morgan fingerprint density at radius 1 is 1.32 bits per heavy atom. The lowest BCUT2D eigenvalue weighted by Gasteiger charge is -2.19. The third-order valence-electron chi connectivity index (χ3n) is 3.47. The number of fused-ring (bicyclic) bond motifs is 1. The van der Waals surface area contributed by atoms with E-state index in [4.69, 9.17) is 0 Å². The fourth-order valence-corrected chi connectivity index (χ4v) is 2.00. The Labute approximate surface area is 126 Å². The summed E-state index contributed by atoms with van der Waals surface area (Å²) >= 11 is 0. The Morgan fingerprint density at radius 3 is 2.64 bits per heavy atom. The molecule has 0 spiro atoms. The summed E-state index contributed by atoms with van der Waals surface area (Å²) in [6.07, 6.45) is -3.08. The summed E-state index contributed by atoms with van der Waals surface area (Å²) < 4.78 is 37.7. The number of hydrogen-bond acceptors (Lipinski definition) is 3. The molecule has 0 saturated carbocycles. The van der Waals surface area contributed by atoms with Crippen molar-refractivity contribution < 1.29 is 23.1 Å². The number of nitrogens with zero attached hydrogens (tertiary/aromatic N) is 2. The molecule has 118 valence electrons. The van der Waals surface area contributed by atoms with Crippen LogP contribution in [0.5, 0.6) is 0 Å². The van der Waals surface area contributed by atoms with Gasteiger partial charge in [-0.05, 0) is 37.3 Å². The van der Waals surface area contributed by atoms with Crippen molar-refractivity contribution in [2.24, 2.45) is 0 Å². The summed E-state index contributed by atoms with van der Waals surface area (Å²) in [5, 5.41) is 9.30. The van der Waals surface area contributed by atoms with Gasteiger partial charge < -0.3 is 5.11 Å². The van der Waals surface area contributed by atoms with E-state index >= 15 is 0 Å². The Kier molecular flexibility index (Phi) is 4.16. The van der Waals surface area contributed by atoms with E-state index in [2.05, 4.69) is 10.9 Å². The van der Waals surface area contributed by atoms with Crippen molar-refractivity contribution in [1.29, 1.82) is 0 Å². The van der Waals surface area contributed by atoms with E-state index in [-0.39, 0.29) is 11.6 Å². The molecule has 0 saturated heterocycles. The van der Waals surface area contributed by atoms with Gasteiger partial charge in [0.25, 0.3) is 0 Å². The summed E-state index contributed by atoms with van der Waals surface area (Å²) in [6, 6.07) is 3.19. The molecule has 7 heteroatoms. The molecule has 1 aliphatic rings. The van der Waals surface area contributed by atoms with Crippen LogP contribution < -0.4 is 4.90 Å². The lowest BCUT2D eigenvalue weighted by atomic mass is 10.1. The van der Waals surface area contributed by atoms with E-state index in [9.17, 15) is 23.1 Å². The zero-order valence-corrected chi connectivity index (χ0v) is 12.2. The molecule has 1 aliphatic heterocycles. The van der Waals surface area contributed by atoms with Crippen molar-refractivity contribution in [2.75, 3.05) is 11.9 Å². The van der Waals surface area contributed by atoms with E-state index in [0.717, 1.165) is 5.56 Å². The summed E-state index contributed by atoms with van der Waals surface area (Å²) in [5.74, 6) is 4.31. The molecule has 1 aromatic rings. The lowest BCUT2D eigenvalue weighted by molar-refractivity contribution is -0.228. The van der Waals surface area contributed by atoms with Gasteiger partial charge in [0.2, 0.25) is 11.5 Å². The molecule has 4 nitrogen and oxygen atoms in total. The second-order valence-corrected chi connectivity index (χ2v) is 5.31. The van der Waals surface area contributed by atoms with Crippen molar-refractivity contribution in [3.63, 3.8) is 0 Å². The third-order valence-corrected chi connectivity index (χ3v) is 3.47. The molecular formula is C15H15F3N2O2. The highest BCUT2D eigenvalue weighted by atomic mass is 19.4. The van der Waals surface area contributed by atoms with Crippen molar-refractivity contribution in [3.8, 4) is 11.8 Å². The maximum atomic E-state index is 12.6. The number of alkyl halides is 3. The number of aromatic nitrogens is 1. The maximum Gasteiger partial charge on any atom is 0.428 e. The van der Waals surface area contributed by atoms with Gasteiger partial charge in [0.05, 0.1) is 0 Å². The fourth-order valence-electron chi connectivity index (χ4n) is 2.00. The first-order valence-electron chi connectivity index (χ1n) is 6.70. The first-order valence-corrected chi connectivity index (χ1v) is 6.70. The number of anilines is 1. The predicted octanol–water partition coefficient (Wildman–Crippen LogP) is 2.05. The second-order valence-electron chi connectivity index (χ2n) is 5.31. The molecule has 0 aromatic carbocycles. The van der Waals surface area contributed by atoms with Crippen LogP contribution in [0.1, 0.15) is 31.0 Å². The minimum absolute atomic E-state index is 0.0739. The average molecular weight is 312 g/mol. The predicted molar refractivity (Wildman–Crippen MR) is 74.1 cm³/mol. The molecule has 1 amide bonds. The van der Waals surface area contributed by atoms with E-state index < -0.39 is 11.8 Å². The topological polar surface area (TPSA) is 53.4 Å². The lowest BCUT2D eigenvalue weighted by Crippen LogP contribution is -2.40. The third kappa shape index (κ3) is 3.22. The van der Waals surface area contributed by atoms with E-state index in [1.165, 1.54) is 11.0 Å². The van der Waals surface area contributed by atoms with E-state index in [1.807, 2.05) is 0 Å². The number of carbonyl (C=O) groups is 1. The largest absolute Gasteiger partial charge is 0.428 e. The molecule has 2 heterocycles. The fraction of sp³-hybridized carbons (Fsp3) is 0.467. The Morgan fingerprint density at radius 2 is 2.00 bits per heavy atom. The molecule has 22 heavy (non-hydrogen) atoms. The molecule has 0 fully saturated rings. The van der Waals surface area contributed by atoms with Gasteiger partial charge in [-0.1, -0.05) is 12.0 Å². The zero-order chi connectivity index (χ0) is 16.5. The van der Waals surface area contributed by atoms with Gasteiger partial charge in [-0.3, -0.25) is 9.69 Å². The van der Waals surface area contributed by atoms with Gasteiger partial charge in [-0.25, -0.2) is 4.98 Å². The van der Waals surface area contributed by atoms with Gasteiger partial charge in [-0.2, -0.15) is 13.2 Å². The number of amides is 1. The molecule has 0 aliphatic carbocycles. The van der Waals surface area contributed by atoms with E-state index in [0.29, 0.717) is 32.0 Å². The number of halogens is 3. The standard InChI is InChI=1S/C15H15F3N2O2/c1-14(22,15(16,17)18)9-8-11-7-6-10-4-3-5-12(21)20(2)13(10)19-11/h6-7,22H,3-5H2,1-2H3. The number of aryl methyl sites for hydroxylation is 1. The number of pyridine rings is 1. The first-order chi connectivity index (χ1) is 10.1. The van der Waals surface area contributed by atoms with E-state index in [1.54, 1.807) is 19.0 Å². The van der Waals surface area contributed by atoms with Crippen molar-refractivity contribution in [1.82, 2.24) is 4.98 Å². The molecule has 1 N–H and O–H groups in total. The highest BCUT2D eigenvalue weighted by Gasteiger charge is 2.49. The molecule has 0 bridgehead atoms. The smallest absolute Gasteiger partial charge is 0.370 e. The molecule has 1 unspecified atom stereocenters. The Bertz CT molecular complexity index is 657. The summed E-state index contributed by atoms with van der Waals surface area (Å²) in [5.41, 5.74) is -2.19. The number of aliphatic hydroxyl groups is 1. The molecule has 0 radical (unpaired) electrons. The van der Waals surface area contributed by atoms with Crippen LogP contribution in [0.2, 0.25) is 0 Å². The van der Waals surface area contributed by atoms with Crippen LogP contribution in [-0.4, -0.2) is 34.8 Å². The van der Waals surface area contributed by atoms with Gasteiger partial charge in [0.1, 0.15) is 11.5 Å². The first kappa shape index (κ1) is 16.3. The van der Waals surface area contributed by atoms with Gasteiger partial charge in [0, 0.05) is 13.5 Å². The number of carbonyl (C=O) groups excluding carboxylic acids is 1. The quantitative estimate of drug-likeness (QED) is 0.746. The number of hydrogen-bond donors (Lipinski definition) is 1. The van der Waals surface area contributed by atoms with Crippen LogP contribution in [0.4, 0.5) is 19.0 Å². The maximum absolute atomic E-state index is 12.6. The molecule has 1 aromatic heterocycles. The van der Waals surface area contributed by atoms with Crippen molar-refractivity contribution in [2.45, 2.75) is 38.0 Å². The summed E-state index contributed by atoms with van der Waals surface area (Å²) in [6.45, 7) is 0.582. The van der Waals surface area contributed by atoms with Gasteiger partial charge in [-0.15, -0.1) is 0 Å². The second kappa shape index (κ2) is 5.61. The Balaban J connectivity index is 2.37. The molecule has 2 rings (SSSR count). The average Bonchev–Trinajstić information content (AvgIpc) is 2.56. The van der Waals surface area contributed by atoms with Gasteiger partial charge in [0.15, 0.2) is 0 Å². The SMILES string of the molecule is CN1C(=O)CCCc2ccc(C#CC(C)(O)C(F)(F)F)nc21. The van der Waals surface area contributed by atoms with Crippen LogP contribution in [0, 0.1) is 11.8 Å². The minimum Gasteiger partial charge on any atom is -0.370 e. The highest BCUT2D eigenvalue weighted by Crippen LogP contribution is 2.29. The van der Waals surface area contributed by atoms with Crippen molar-refractivity contribution >= 4 is 11.7 Å². The summed E-state index contributed by atoms with van der Waals surface area (Å²) in [4.78, 5) is 17.3. The van der Waals surface area contributed by atoms with Crippen LogP contribution in [0.25, 0.3) is 0 Å². The number of rotatable bonds is 0. The van der Waals surface area contributed by atoms with Gasteiger partial charge >= 0.3 is 6.18 Å². The monoisotopic (exact) mass is 312 g/mol. The molecule has 1 atom stereocenters. The van der Waals surface area contributed by atoms with Crippen LogP contribution in [-0.2, 0) is 11.2 Å². The van der Waals surface area contributed by atoms with Crippen LogP contribution in [0.3, 0.4) is 0 Å². The minimum atomic E-state index is -4.85. The summed E-state index contributed by atoms with van der Waals surface area (Å²) in [7, 11) is 1.57.